The largest absolute Gasteiger partial charge is 0.376 e. The molecule has 3 heterocycles. The van der Waals surface area contributed by atoms with Gasteiger partial charge in [-0.1, -0.05) is 6.07 Å². The molecule has 2 unspecified atom stereocenters. The molecule has 154 valence electrons. The molecule has 4 rings (SSSR count). The van der Waals surface area contributed by atoms with Crippen LogP contribution in [0, 0.1) is 0 Å². The fraction of sp³-hybridized carbons (Fsp3) is 0.500. The number of rotatable bonds is 6. The minimum absolute atomic E-state index is 0.106. The van der Waals surface area contributed by atoms with Crippen molar-refractivity contribution >= 4 is 23.6 Å². The average Bonchev–Trinajstić information content (AvgIpc) is 3.27. The number of nitrogens with zero attached hydrogens (tertiary/aromatic N) is 1. The summed E-state index contributed by atoms with van der Waals surface area (Å²) in [5.74, 6) is -1.97. The Bertz CT molecular complexity index is 878. The summed E-state index contributed by atoms with van der Waals surface area (Å²) in [6, 6.07) is 4.18. The van der Waals surface area contributed by atoms with E-state index in [1.807, 2.05) is 0 Å². The third-order valence-electron chi connectivity index (χ3n) is 5.92. The number of hydrogen-bond acceptors (Lipinski definition) is 7. The van der Waals surface area contributed by atoms with E-state index in [1.54, 1.807) is 25.3 Å². The molecule has 3 aliphatic heterocycles. The van der Waals surface area contributed by atoms with Gasteiger partial charge in [0.25, 0.3) is 11.8 Å². The second kappa shape index (κ2) is 7.66. The number of fused-ring (bicyclic) bond motifs is 1. The molecule has 0 bridgehead atoms. The number of nitrogens with one attached hydrogen (secondary N) is 3. The molecule has 2 fully saturated rings. The van der Waals surface area contributed by atoms with Crippen LogP contribution in [-0.4, -0.2) is 66.9 Å². The zero-order valence-electron chi connectivity index (χ0n) is 16.2. The van der Waals surface area contributed by atoms with Crippen LogP contribution in [0.2, 0.25) is 0 Å². The molecule has 0 aromatic heterocycles. The van der Waals surface area contributed by atoms with Gasteiger partial charge in [0, 0.05) is 33.2 Å². The van der Waals surface area contributed by atoms with Gasteiger partial charge in [0.2, 0.25) is 11.8 Å². The van der Waals surface area contributed by atoms with Crippen LogP contribution in [0.5, 0.6) is 0 Å². The Balaban J connectivity index is 1.45. The van der Waals surface area contributed by atoms with Crippen molar-refractivity contribution in [1.29, 1.82) is 0 Å². The second-order valence-electron chi connectivity index (χ2n) is 7.74. The van der Waals surface area contributed by atoms with Gasteiger partial charge in [-0.25, -0.2) is 0 Å². The maximum atomic E-state index is 12.9. The Labute approximate surface area is 168 Å². The van der Waals surface area contributed by atoms with Gasteiger partial charge in [0.1, 0.15) is 6.04 Å². The van der Waals surface area contributed by atoms with Gasteiger partial charge in [-0.05, 0) is 37.1 Å². The van der Waals surface area contributed by atoms with Crippen molar-refractivity contribution in [2.24, 2.45) is 0 Å². The van der Waals surface area contributed by atoms with E-state index < -0.39 is 23.8 Å². The van der Waals surface area contributed by atoms with E-state index >= 15 is 0 Å². The molecule has 0 aliphatic carbocycles. The van der Waals surface area contributed by atoms with Crippen molar-refractivity contribution in [1.82, 2.24) is 20.9 Å². The number of methoxy groups -OCH3 is 1. The highest BCUT2D eigenvalue weighted by molar-refractivity contribution is 6.23. The molecule has 3 N–H and O–H groups in total. The molecule has 3 aliphatic rings. The van der Waals surface area contributed by atoms with Crippen molar-refractivity contribution in [3.8, 4) is 0 Å². The topological polar surface area (TPSA) is 117 Å². The van der Waals surface area contributed by atoms with Gasteiger partial charge in [-0.2, -0.15) is 0 Å². The van der Waals surface area contributed by atoms with Gasteiger partial charge in [-0.3, -0.25) is 29.4 Å². The summed E-state index contributed by atoms with van der Waals surface area (Å²) in [4.78, 5) is 50.0. The summed E-state index contributed by atoms with van der Waals surface area (Å²) in [5.41, 5.74) is 1.22. The first-order chi connectivity index (χ1) is 13.9. The molecule has 1 aromatic carbocycles. The fourth-order valence-corrected chi connectivity index (χ4v) is 4.18. The van der Waals surface area contributed by atoms with Crippen LogP contribution in [0.3, 0.4) is 0 Å². The Morgan fingerprint density at radius 1 is 1.21 bits per heavy atom. The molecule has 9 nitrogen and oxygen atoms in total. The van der Waals surface area contributed by atoms with Crippen LogP contribution >= 0.6 is 0 Å². The zero-order chi connectivity index (χ0) is 20.6. The predicted molar refractivity (Wildman–Crippen MR) is 102 cm³/mol. The first-order valence-corrected chi connectivity index (χ1v) is 9.75. The summed E-state index contributed by atoms with van der Waals surface area (Å²) in [5, 5.41) is 8.85. The molecule has 0 saturated carbocycles. The van der Waals surface area contributed by atoms with Crippen molar-refractivity contribution in [2.75, 3.05) is 26.7 Å². The number of piperidine rings is 1. The third-order valence-corrected chi connectivity index (χ3v) is 5.92. The minimum Gasteiger partial charge on any atom is -0.376 e. The van der Waals surface area contributed by atoms with Crippen LogP contribution in [-0.2, 0) is 20.9 Å². The van der Waals surface area contributed by atoms with Gasteiger partial charge in [-0.15, -0.1) is 0 Å². The van der Waals surface area contributed by atoms with Gasteiger partial charge >= 0.3 is 0 Å². The van der Waals surface area contributed by atoms with Crippen LogP contribution in [0.15, 0.2) is 18.2 Å². The number of hydrogen-bond donors (Lipinski definition) is 3. The van der Waals surface area contributed by atoms with E-state index in [2.05, 4.69) is 16.0 Å². The van der Waals surface area contributed by atoms with Crippen LogP contribution in [0.4, 0.5) is 0 Å². The summed E-state index contributed by atoms with van der Waals surface area (Å²) >= 11 is 0. The van der Waals surface area contributed by atoms with Crippen molar-refractivity contribution < 1.29 is 23.9 Å². The quantitative estimate of drug-likeness (QED) is 0.554. The zero-order valence-corrected chi connectivity index (χ0v) is 16.2. The Hall–Kier alpha value is -2.62. The summed E-state index contributed by atoms with van der Waals surface area (Å²) in [6.07, 6.45) is 1.18. The summed E-state index contributed by atoms with van der Waals surface area (Å²) in [7, 11) is 1.71. The Morgan fingerprint density at radius 3 is 2.69 bits per heavy atom. The van der Waals surface area contributed by atoms with E-state index in [9.17, 15) is 19.2 Å². The van der Waals surface area contributed by atoms with Gasteiger partial charge < -0.3 is 15.4 Å². The average molecular weight is 400 g/mol. The standard InChI is InChI=1S/C20H24N4O5/c1-29-20(6-7-21-10-20)11-22-9-12-2-3-13-14(8-12)19(28)24(18(13)27)15-4-5-16(25)23-17(15)26/h2-3,8,15,21-22H,4-7,9-11H2,1H3,(H,23,25,26). The first-order valence-electron chi connectivity index (χ1n) is 9.75. The lowest BCUT2D eigenvalue weighted by atomic mass is 10.0. The van der Waals surface area contributed by atoms with Crippen LogP contribution in [0.25, 0.3) is 0 Å². The molecule has 2 saturated heterocycles. The molecule has 9 heteroatoms. The van der Waals surface area contributed by atoms with Crippen molar-refractivity contribution in [3.05, 3.63) is 34.9 Å². The predicted octanol–water partition coefficient (Wildman–Crippen LogP) is -0.444. The Morgan fingerprint density at radius 2 is 2.00 bits per heavy atom. The number of amides is 4. The van der Waals surface area contributed by atoms with Gasteiger partial charge in [0.15, 0.2) is 0 Å². The molecule has 2 atom stereocenters. The second-order valence-corrected chi connectivity index (χ2v) is 7.74. The van der Waals surface area contributed by atoms with Crippen molar-refractivity contribution in [2.45, 2.75) is 37.5 Å². The first kappa shape index (κ1) is 19.7. The van der Waals surface area contributed by atoms with E-state index in [0.717, 1.165) is 30.0 Å². The summed E-state index contributed by atoms with van der Waals surface area (Å²) < 4.78 is 5.65. The molecular formula is C20H24N4O5. The monoisotopic (exact) mass is 400 g/mol. The van der Waals surface area contributed by atoms with E-state index in [4.69, 9.17) is 4.74 Å². The van der Waals surface area contributed by atoms with E-state index in [-0.39, 0.29) is 29.9 Å². The highest BCUT2D eigenvalue weighted by atomic mass is 16.5. The van der Waals surface area contributed by atoms with Crippen LogP contribution in [0.1, 0.15) is 45.5 Å². The molecular weight excluding hydrogens is 376 g/mol. The van der Waals surface area contributed by atoms with Crippen LogP contribution < -0.4 is 16.0 Å². The molecule has 0 radical (unpaired) electrons. The maximum Gasteiger partial charge on any atom is 0.262 e. The number of benzene rings is 1. The van der Waals surface area contributed by atoms with E-state index in [0.29, 0.717) is 18.7 Å². The molecule has 0 spiro atoms. The smallest absolute Gasteiger partial charge is 0.262 e. The minimum atomic E-state index is -0.946. The highest BCUT2D eigenvalue weighted by Gasteiger charge is 2.44. The lowest BCUT2D eigenvalue weighted by Crippen LogP contribution is -2.54. The number of carbonyl (C=O) groups excluding carboxylic acids is 4. The van der Waals surface area contributed by atoms with Crippen molar-refractivity contribution in [3.63, 3.8) is 0 Å². The lowest BCUT2D eigenvalue weighted by molar-refractivity contribution is -0.136. The fourth-order valence-electron chi connectivity index (χ4n) is 4.18. The molecule has 1 aromatic rings. The molecule has 29 heavy (non-hydrogen) atoms. The number of carbonyl (C=O) groups is 4. The highest BCUT2D eigenvalue weighted by Crippen LogP contribution is 2.28. The SMILES string of the molecule is COC1(CNCc2ccc3c(c2)C(=O)N(C2CCC(=O)NC2=O)C3=O)CCNC1. The summed E-state index contributed by atoms with van der Waals surface area (Å²) in [6.45, 7) is 2.90. The maximum absolute atomic E-state index is 12.9. The lowest BCUT2D eigenvalue weighted by Gasteiger charge is -2.27. The van der Waals surface area contributed by atoms with E-state index in [1.165, 1.54) is 0 Å². The van der Waals surface area contributed by atoms with Gasteiger partial charge in [0.05, 0.1) is 16.7 Å². The normalized spacial score (nSPS) is 26.8. The third kappa shape index (κ3) is 3.57. The number of ether oxygens (including phenoxy) is 1. The number of imide groups is 2. The molecule has 4 amide bonds. The Kier molecular flexibility index (Phi) is 5.20.